The molecule has 0 aliphatic carbocycles. The zero-order chi connectivity index (χ0) is 14.9. The number of nitrogens with one attached hydrogen (secondary N) is 1. The lowest BCUT2D eigenvalue weighted by molar-refractivity contribution is 0.229. The van der Waals surface area contributed by atoms with Crippen LogP contribution in [0, 0.1) is 0 Å². The number of urea groups is 1. The molecular formula is C13H23N5O2. The molecule has 0 spiro atoms. The fraction of sp³-hybridized carbons (Fsp3) is 0.692. The number of rotatable bonds is 4. The van der Waals surface area contributed by atoms with E-state index in [1.54, 1.807) is 16.8 Å². The van der Waals surface area contributed by atoms with Crippen LogP contribution in [-0.2, 0) is 5.41 Å². The first-order chi connectivity index (χ1) is 9.34. The van der Waals surface area contributed by atoms with Gasteiger partial charge in [-0.2, -0.15) is 0 Å². The summed E-state index contributed by atoms with van der Waals surface area (Å²) in [5, 5.41) is 7.29. The van der Waals surface area contributed by atoms with Gasteiger partial charge < -0.3 is 15.2 Å². The van der Waals surface area contributed by atoms with Crippen LogP contribution >= 0.6 is 0 Å². The molecule has 3 N–H and O–H groups in total. The molecule has 0 radical (unpaired) electrons. The minimum atomic E-state index is -0.139. The maximum atomic E-state index is 12.2. The summed E-state index contributed by atoms with van der Waals surface area (Å²) in [5.74, 6) is 1.30. The van der Waals surface area contributed by atoms with Crippen molar-refractivity contribution in [2.24, 2.45) is 5.73 Å². The lowest BCUT2D eigenvalue weighted by atomic mass is 9.93. The van der Waals surface area contributed by atoms with Gasteiger partial charge in [-0.05, 0) is 0 Å². The molecular weight excluding hydrogens is 258 g/mol. The Morgan fingerprint density at radius 1 is 1.55 bits per heavy atom. The van der Waals surface area contributed by atoms with Crippen LogP contribution in [0.3, 0.4) is 0 Å². The van der Waals surface area contributed by atoms with Crippen LogP contribution in [0.2, 0.25) is 0 Å². The van der Waals surface area contributed by atoms with Crippen LogP contribution in [0.4, 0.5) is 10.6 Å². The lowest BCUT2D eigenvalue weighted by Crippen LogP contribution is -2.46. The number of nitrogens with two attached hydrogens (primary N) is 1. The van der Waals surface area contributed by atoms with Crippen molar-refractivity contribution in [3.63, 3.8) is 0 Å². The number of amides is 2. The Labute approximate surface area is 119 Å². The normalized spacial score (nSPS) is 20.1. The number of nitrogens with zero attached hydrogens (tertiary/aromatic N) is 3. The Kier molecular flexibility index (Phi) is 4.01. The average Bonchev–Trinajstić information content (AvgIpc) is 2.93. The third-order valence-electron chi connectivity index (χ3n) is 3.30. The van der Waals surface area contributed by atoms with Crippen LogP contribution in [0.25, 0.3) is 0 Å². The molecule has 0 bridgehead atoms. The highest BCUT2D eigenvalue weighted by atomic mass is 16.5. The van der Waals surface area contributed by atoms with Crippen molar-refractivity contribution in [1.29, 1.82) is 0 Å². The Balaban J connectivity index is 2.23. The zero-order valence-corrected chi connectivity index (χ0v) is 12.5. The van der Waals surface area contributed by atoms with Gasteiger partial charge in [-0.25, -0.2) is 4.79 Å². The third kappa shape index (κ3) is 2.78. The SMILES string of the molecule is CN1CC(NCCN)N(c2cc(C(C)(C)C)on2)C1=O. The summed E-state index contributed by atoms with van der Waals surface area (Å²) in [6.07, 6.45) is -0.131. The molecule has 1 aliphatic heterocycles. The monoisotopic (exact) mass is 281 g/mol. The summed E-state index contributed by atoms with van der Waals surface area (Å²) < 4.78 is 5.36. The van der Waals surface area contributed by atoms with Crippen molar-refractivity contribution in [1.82, 2.24) is 15.4 Å². The summed E-state index contributed by atoms with van der Waals surface area (Å²) in [6, 6.07) is 1.74. The van der Waals surface area contributed by atoms with Gasteiger partial charge in [-0.3, -0.25) is 10.2 Å². The second-order valence-electron chi connectivity index (χ2n) is 6.09. The topological polar surface area (TPSA) is 87.6 Å². The fourth-order valence-corrected chi connectivity index (χ4v) is 2.13. The first-order valence-electron chi connectivity index (χ1n) is 6.79. The number of hydrogen-bond acceptors (Lipinski definition) is 5. The number of hydrogen-bond donors (Lipinski definition) is 2. The molecule has 20 heavy (non-hydrogen) atoms. The second-order valence-corrected chi connectivity index (χ2v) is 6.09. The van der Waals surface area contributed by atoms with Crippen LogP contribution in [-0.4, -0.2) is 48.9 Å². The van der Waals surface area contributed by atoms with Crippen LogP contribution in [0.1, 0.15) is 26.5 Å². The molecule has 1 unspecified atom stereocenters. The highest BCUT2D eigenvalue weighted by molar-refractivity contribution is 5.93. The summed E-state index contributed by atoms with van der Waals surface area (Å²) in [5.41, 5.74) is 5.37. The summed E-state index contributed by atoms with van der Waals surface area (Å²) >= 11 is 0. The van der Waals surface area contributed by atoms with E-state index in [-0.39, 0.29) is 17.6 Å². The quantitative estimate of drug-likeness (QED) is 0.849. The van der Waals surface area contributed by atoms with E-state index in [2.05, 4.69) is 10.5 Å². The van der Waals surface area contributed by atoms with E-state index in [1.165, 1.54) is 0 Å². The summed E-state index contributed by atoms with van der Waals surface area (Å²) in [4.78, 5) is 15.5. The molecule has 1 fully saturated rings. The van der Waals surface area contributed by atoms with E-state index in [0.29, 0.717) is 25.5 Å². The molecule has 2 heterocycles. The van der Waals surface area contributed by atoms with Crippen LogP contribution < -0.4 is 16.0 Å². The van der Waals surface area contributed by atoms with Gasteiger partial charge in [0.05, 0.1) is 6.54 Å². The Bertz CT molecular complexity index is 479. The highest BCUT2D eigenvalue weighted by Crippen LogP contribution is 2.28. The van der Waals surface area contributed by atoms with E-state index >= 15 is 0 Å². The molecule has 7 nitrogen and oxygen atoms in total. The number of aromatic nitrogens is 1. The molecule has 7 heteroatoms. The van der Waals surface area contributed by atoms with E-state index in [0.717, 1.165) is 5.76 Å². The molecule has 1 saturated heterocycles. The van der Waals surface area contributed by atoms with Gasteiger partial charge in [-0.15, -0.1) is 0 Å². The molecule has 1 aliphatic rings. The minimum Gasteiger partial charge on any atom is -0.359 e. The van der Waals surface area contributed by atoms with Crippen LogP contribution in [0.15, 0.2) is 10.6 Å². The molecule has 1 aromatic heterocycles. The van der Waals surface area contributed by atoms with Crippen molar-refractivity contribution in [3.8, 4) is 0 Å². The largest absolute Gasteiger partial charge is 0.359 e. The number of likely N-dealkylation sites (N-methyl/N-ethyl adjacent to an activating group) is 1. The minimum absolute atomic E-state index is 0.0896. The first-order valence-corrected chi connectivity index (χ1v) is 6.79. The van der Waals surface area contributed by atoms with Gasteiger partial charge >= 0.3 is 6.03 Å². The predicted octanol–water partition coefficient (Wildman–Crippen LogP) is 0.718. The molecule has 2 amide bonds. The predicted molar refractivity (Wildman–Crippen MR) is 76.6 cm³/mol. The lowest BCUT2D eigenvalue weighted by Gasteiger charge is -2.21. The van der Waals surface area contributed by atoms with E-state index in [9.17, 15) is 4.79 Å². The van der Waals surface area contributed by atoms with Crippen molar-refractivity contribution in [2.45, 2.75) is 32.4 Å². The Morgan fingerprint density at radius 2 is 2.25 bits per heavy atom. The molecule has 0 aromatic carbocycles. The second kappa shape index (κ2) is 5.41. The standard InChI is InChI=1S/C13H23N5O2/c1-13(2,3)9-7-10(16-20-9)18-11(15-6-5-14)8-17(4)12(18)19/h7,11,15H,5-6,8,14H2,1-4H3. The molecule has 112 valence electrons. The van der Waals surface area contributed by atoms with Crippen molar-refractivity contribution in [3.05, 3.63) is 11.8 Å². The highest BCUT2D eigenvalue weighted by Gasteiger charge is 2.38. The fourth-order valence-electron chi connectivity index (χ4n) is 2.13. The van der Waals surface area contributed by atoms with Gasteiger partial charge in [0.15, 0.2) is 5.82 Å². The van der Waals surface area contributed by atoms with Gasteiger partial charge in [-0.1, -0.05) is 25.9 Å². The summed E-state index contributed by atoms with van der Waals surface area (Å²) in [6.45, 7) is 7.88. The van der Waals surface area contributed by atoms with Crippen LogP contribution in [0.5, 0.6) is 0 Å². The molecule has 1 atom stereocenters. The number of carbonyl (C=O) groups excluding carboxylic acids is 1. The van der Waals surface area contributed by atoms with Gasteiger partial charge in [0.2, 0.25) is 0 Å². The van der Waals surface area contributed by atoms with E-state index in [1.807, 2.05) is 26.8 Å². The average molecular weight is 281 g/mol. The molecule has 1 aromatic rings. The van der Waals surface area contributed by atoms with Gasteiger partial charge in [0, 0.05) is 31.6 Å². The number of carbonyl (C=O) groups is 1. The summed E-state index contributed by atoms with van der Waals surface area (Å²) in [7, 11) is 1.77. The maximum Gasteiger partial charge on any atom is 0.327 e. The Morgan fingerprint density at radius 3 is 2.80 bits per heavy atom. The van der Waals surface area contributed by atoms with Gasteiger partial charge in [0.1, 0.15) is 11.9 Å². The van der Waals surface area contributed by atoms with Crippen molar-refractivity contribution < 1.29 is 9.32 Å². The zero-order valence-electron chi connectivity index (χ0n) is 12.5. The van der Waals surface area contributed by atoms with Crippen molar-refractivity contribution >= 4 is 11.8 Å². The Hall–Kier alpha value is -1.60. The smallest absolute Gasteiger partial charge is 0.327 e. The molecule has 2 rings (SSSR count). The van der Waals surface area contributed by atoms with Gasteiger partial charge in [0.25, 0.3) is 0 Å². The van der Waals surface area contributed by atoms with E-state index in [4.69, 9.17) is 10.3 Å². The first kappa shape index (κ1) is 14.8. The molecule has 0 saturated carbocycles. The van der Waals surface area contributed by atoms with E-state index < -0.39 is 0 Å². The maximum absolute atomic E-state index is 12.2. The number of anilines is 1. The third-order valence-corrected chi connectivity index (χ3v) is 3.30. The van der Waals surface area contributed by atoms with Crippen molar-refractivity contribution in [2.75, 3.05) is 31.6 Å².